The van der Waals surface area contributed by atoms with Gasteiger partial charge in [-0.05, 0) is 35.9 Å². The summed E-state index contributed by atoms with van der Waals surface area (Å²) >= 11 is 30.9. The van der Waals surface area contributed by atoms with E-state index in [-0.39, 0.29) is 16.3 Å². The lowest BCUT2D eigenvalue weighted by Crippen LogP contribution is -2.18. The SMILES string of the molecule is Nc1cc(F)c(NC(=O)c2cc(NC(=O)[C@H]3C(c4ccc(Cl)c(Cl)c4)C3(Cl)Cl)ccc2Cl)cc1F. The molecule has 0 heterocycles. The van der Waals surface area contributed by atoms with Gasteiger partial charge in [0.2, 0.25) is 5.91 Å². The van der Waals surface area contributed by atoms with Gasteiger partial charge >= 0.3 is 0 Å². The fraction of sp³-hybridized carbons (Fsp3) is 0.130. The van der Waals surface area contributed by atoms with Crippen molar-refractivity contribution in [2.75, 3.05) is 16.4 Å². The fourth-order valence-corrected chi connectivity index (χ4v) is 4.96. The first-order valence-electron chi connectivity index (χ1n) is 9.89. The minimum absolute atomic E-state index is 0.0148. The topological polar surface area (TPSA) is 84.2 Å². The van der Waals surface area contributed by atoms with E-state index in [1.807, 2.05) is 0 Å². The summed E-state index contributed by atoms with van der Waals surface area (Å²) in [6.07, 6.45) is 0. The molecule has 1 saturated carbocycles. The number of hydrogen-bond donors (Lipinski definition) is 3. The van der Waals surface area contributed by atoms with E-state index < -0.39 is 51.0 Å². The Hall–Kier alpha value is -2.29. The van der Waals surface area contributed by atoms with Crippen molar-refractivity contribution in [2.24, 2.45) is 5.92 Å². The number of nitrogens with two attached hydrogens (primary N) is 1. The largest absolute Gasteiger partial charge is 0.396 e. The Morgan fingerprint density at radius 2 is 1.54 bits per heavy atom. The lowest BCUT2D eigenvalue weighted by molar-refractivity contribution is -0.117. The molecule has 0 bridgehead atoms. The summed E-state index contributed by atoms with van der Waals surface area (Å²) in [4.78, 5) is 25.6. The molecular weight excluding hydrogens is 566 g/mol. The van der Waals surface area contributed by atoms with Gasteiger partial charge in [0.05, 0.1) is 37.9 Å². The van der Waals surface area contributed by atoms with Crippen LogP contribution in [0.5, 0.6) is 0 Å². The number of hydrogen-bond acceptors (Lipinski definition) is 3. The van der Waals surface area contributed by atoms with E-state index in [0.29, 0.717) is 15.6 Å². The van der Waals surface area contributed by atoms with Gasteiger partial charge in [0.1, 0.15) is 16.0 Å². The Kier molecular flexibility index (Phi) is 7.10. The molecule has 0 aliphatic heterocycles. The van der Waals surface area contributed by atoms with E-state index in [0.717, 1.165) is 12.1 Å². The minimum Gasteiger partial charge on any atom is -0.396 e. The minimum atomic E-state index is -1.38. The summed E-state index contributed by atoms with van der Waals surface area (Å²) in [6, 6.07) is 10.4. The summed E-state index contributed by atoms with van der Waals surface area (Å²) in [5.74, 6) is -4.53. The standard InChI is InChI=1S/C23H14Cl5F2N3O2/c24-12-4-2-10(6-11(12)21(34)33-18-8-15(29)17(31)7-16(18)30)32-22(35)20-19(23(20,27)28)9-1-3-13(25)14(26)5-9/h1-8,19-20H,31H2,(H,32,35)(H,33,34)/t19?,20-/m1/s1. The number of benzene rings is 3. The van der Waals surface area contributed by atoms with Gasteiger partial charge < -0.3 is 16.4 Å². The first-order valence-corrected chi connectivity index (χ1v) is 11.8. The van der Waals surface area contributed by atoms with Gasteiger partial charge in [-0.2, -0.15) is 0 Å². The second-order valence-corrected chi connectivity index (χ2v) is 10.5. The van der Waals surface area contributed by atoms with Gasteiger partial charge in [-0.1, -0.05) is 40.9 Å². The van der Waals surface area contributed by atoms with Crippen LogP contribution in [-0.4, -0.2) is 16.1 Å². The third-order valence-corrected chi connectivity index (χ3v) is 7.46. The summed E-state index contributed by atoms with van der Waals surface area (Å²) in [7, 11) is 0. The number of alkyl halides is 2. The molecule has 12 heteroatoms. The van der Waals surface area contributed by atoms with Gasteiger partial charge in [0, 0.05) is 23.7 Å². The number of halogens is 7. The molecule has 2 atom stereocenters. The zero-order chi connectivity index (χ0) is 25.7. The number of nitrogen functional groups attached to an aromatic ring is 1. The van der Waals surface area contributed by atoms with Crippen LogP contribution in [0.2, 0.25) is 15.1 Å². The highest BCUT2D eigenvalue weighted by atomic mass is 35.5. The van der Waals surface area contributed by atoms with Gasteiger partial charge in [-0.3, -0.25) is 9.59 Å². The summed E-state index contributed by atoms with van der Waals surface area (Å²) in [5, 5.41) is 5.53. The lowest BCUT2D eigenvalue weighted by Gasteiger charge is -2.11. The van der Waals surface area contributed by atoms with Crippen molar-refractivity contribution < 1.29 is 18.4 Å². The van der Waals surface area contributed by atoms with E-state index in [4.69, 9.17) is 63.7 Å². The number of nitrogens with one attached hydrogen (secondary N) is 2. The van der Waals surface area contributed by atoms with Crippen LogP contribution in [0.25, 0.3) is 0 Å². The van der Waals surface area contributed by atoms with Crippen molar-refractivity contribution in [3.8, 4) is 0 Å². The second kappa shape index (κ2) is 9.64. The predicted octanol–water partition coefficient (Wildman–Crippen LogP) is 7.29. The first-order chi connectivity index (χ1) is 16.4. The molecule has 1 fully saturated rings. The van der Waals surface area contributed by atoms with E-state index in [1.54, 1.807) is 18.2 Å². The van der Waals surface area contributed by atoms with E-state index in [1.165, 1.54) is 18.2 Å². The Balaban J connectivity index is 1.52. The molecule has 4 N–H and O–H groups in total. The van der Waals surface area contributed by atoms with Crippen LogP contribution in [0, 0.1) is 17.6 Å². The molecule has 2 amide bonds. The van der Waals surface area contributed by atoms with Crippen LogP contribution in [0.3, 0.4) is 0 Å². The van der Waals surface area contributed by atoms with E-state index in [2.05, 4.69) is 10.6 Å². The summed E-state index contributed by atoms with van der Waals surface area (Å²) in [5.41, 5.74) is 5.23. The Bertz CT molecular complexity index is 1370. The zero-order valence-corrected chi connectivity index (χ0v) is 21.1. The molecule has 0 aromatic heterocycles. The van der Waals surface area contributed by atoms with Crippen molar-refractivity contribution >= 4 is 86.9 Å². The molecule has 4 rings (SSSR count). The quantitative estimate of drug-likeness (QED) is 0.219. The maximum atomic E-state index is 14.1. The normalized spacial score (nSPS) is 18.1. The molecule has 0 spiro atoms. The van der Waals surface area contributed by atoms with Crippen LogP contribution in [0.15, 0.2) is 48.5 Å². The average Bonchev–Trinajstić information content (AvgIpc) is 3.37. The number of carbonyl (C=O) groups is 2. The van der Waals surface area contributed by atoms with Gasteiger partial charge in [0.15, 0.2) is 0 Å². The maximum Gasteiger partial charge on any atom is 0.257 e. The van der Waals surface area contributed by atoms with Crippen LogP contribution in [0.4, 0.5) is 25.8 Å². The number of carbonyl (C=O) groups excluding carboxylic acids is 2. The highest BCUT2D eigenvalue weighted by Gasteiger charge is 2.67. The highest BCUT2D eigenvalue weighted by molar-refractivity contribution is 6.53. The molecule has 3 aromatic carbocycles. The predicted molar refractivity (Wildman–Crippen MR) is 136 cm³/mol. The molecular formula is C23H14Cl5F2N3O2. The summed E-state index contributed by atoms with van der Waals surface area (Å²) in [6.45, 7) is 0. The average molecular weight is 580 g/mol. The molecule has 1 aliphatic rings. The third-order valence-electron chi connectivity index (χ3n) is 5.45. The van der Waals surface area contributed by atoms with Crippen LogP contribution >= 0.6 is 58.0 Å². The van der Waals surface area contributed by atoms with Crippen LogP contribution in [0.1, 0.15) is 21.8 Å². The highest BCUT2D eigenvalue weighted by Crippen LogP contribution is 2.65. The molecule has 3 aromatic rings. The fourth-order valence-electron chi connectivity index (χ4n) is 3.62. The monoisotopic (exact) mass is 577 g/mol. The molecule has 35 heavy (non-hydrogen) atoms. The van der Waals surface area contributed by atoms with Crippen molar-refractivity contribution in [3.63, 3.8) is 0 Å². The van der Waals surface area contributed by atoms with Gasteiger partial charge in [0.25, 0.3) is 5.91 Å². The first kappa shape index (κ1) is 25.8. The van der Waals surface area contributed by atoms with Gasteiger partial charge in [-0.15, -0.1) is 23.2 Å². The third kappa shape index (κ3) is 5.15. The Morgan fingerprint density at radius 1 is 0.857 bits per heavy atom. The summed E-state index contributed by atoms with van der Waals surface area (Å²) < 4.78 is 26.4. The smallest absolute Gasteiger partial charge is 0.257 e. The number of amides is 2. The van der Waals surface area contributed by atoms with Crippen LogP contribution < -0.4 is 16.4 Å². The van der Waals surface area contributed by atoms with Crippen LogP contribution in [-0.2, 0) is 4.79 Å². The molecule has 0 radical (unpaired) electrons. The van der Waals surface area contributed by atoms with E-state index >= 15 is 0 Å². The molecule has 5 nitrogen and oxygen atoms in total. The van der Waals surface area contributed by atoms with Gasteiger partial charge in [-0.25, -0.2) is 8.78 Å². The Labute approximate surface area is 223 Å². The lowest BCUT2D eigenvalue weighted by atomic mass is 10.1. The van der Waals surface area contributed by atoms with Crippen molar-refractivity contribution in [3.05, 3.63) is 86.4 Å². The molecule has 1 unspecified atom stereocenters. The van der Waals surface area contributed by atoms with Crippen molar-refractivity contribution in [1.82, 2.24) is 0 Å². The van der Waals surface area contributed by atoms with Crippen molar-refractivity contribution in [1.29, 1.82) is 0 Å². The Morgan fingerprint density at radius 3 is 2.23 bits per heavy atom. The molecule has 0 saturated heterocycles. The van der Waals surface area contributed by atoms with E-state index in [9.17, 15) is 18.4 Å². The zero-order valence-electron chi connectivity index (χ0n) is 17.3. The number of rotatable bonds is 5. The second-order valence-electron chi connectivity index (χ2n) is 7.79. The molecule has 182 valence electrons. The molecule has 1 aliphatic carbocycles. The maximum absolute atomic E-state index is 14.1. The van der Waals surface area contributed by atoms with Crippen molar-refractivity contribution in [2.45, 2.75) is 10.3 Å². The number of anilines is 3.